The lowest BCUT2D eigenvalue weighted by Crippen LogP contribution is -2.32. The first-order valence-electron chi connectivity index (χ1n) is 14.2. The Morgan fingerprint density at radius 1 is 0.979 bits per heavy atom. The molecule has 3 atom stereocenters. The Bertz CT molecular complexity index is 1920. The molecule has 15 heteroatoms. The molecule has 6 rings (SSSR count). The molecule has 0 aliphatic carbocycles. The predicted molar refractivity (Wildman–Crippen MR) is 167 cm³/mol. The fourth-order valence-electron chi connectivity index (χ4n) is 5.48. The van der Waals surface area contributed by atoms with E-state index in [9.17, 15) is 37.1 Å². The summed E-state index contributed by atoms with van der Waals surface area (Å²) in [4.78, 5) is 68.5. The monoisotopic (exact) mass is 683 g/mol. The maximum atomic E-state index is 13.9. The number of fused-ring (bicyclic) bond motifs is 2. The molecular weight excluding hydrogens is 659 g/mol. The fourth-order valence-corrected chi connectivity index (χ4v) is 8.00. The molecule has 2 N–H and O–H groups in total. The van der Waals surface area contributed by atoms with Gasteiger partial charge in [-0.1, -0.05) is 41.3 Å². The average Bonchev–Trinajstić information content (AvgIpc) is 3.54. The van der Waals surface area contributed by atoms with Crippen molar-refractivity contribution >= 4 is 58.2 Å². The number of hydrogen-bond acceptors (Lipinski definition) is 9. The second-order valence-electron chi connectivity index (χ2n) is 10.5. The zero-order valence-electron chi connectivity index (χ0n) is 24.3. The van der Waals surface area contributed by atoms with Crippen LogP contribution in [0.1, 0.15) is 39.2 Å². The van der Waals surface area contributed by atoms with Crippen LogP contribution in [0.15, 0.2) is 82.6 Å². The summed E-state index contributed by atoms with van der Waals surface area (Å²) in [6.45, 7) is 1.40. The zero-order chi connectivity index (χ0) is 33.5. The number of carbonyl (C=O) groups is 4. The SMILES string of the molecule is CCOC(=O)c1ccc(N2C(=O)C3Sc4[nH]c(=O)sc4C(c4ccc(OCC(=O)Nc5cccc(C(F)(F)F)c5)cc4)C3C2=O)cc1. The third-order valence-electron chi connectivity index (χ3n) is 7.54. The van der Waals surface area contributed by atoms with Crippen LogP contribution in [-0.4, -0.2) is 47.1 Å². The van der Waals surface area contributed by atoms with Crippen LogP contribution in [0.5, 0.6) is 5.75 Å². The molecule has 1 saturated heterocycles. The van der Waals surface area contributed by atoms with Gasteiger partial charge in [0.1, 0.15) is 11.0 Å². The number of thiazole rings is 1. The van der Waals surface area contributed by atoms with Crippen LogP contribution in [0.4, 0.5) is 24.5 Å². The molecule has 1 aromatic heterocycles. The minimum Gasteiger partial charge on any atom is -0.484 e. The number of halogens is 3. The Hall–Kier alpha value is -4.89. The molecule has 4 aromatic rings. The quantitative estimate of drug-likeness (QED) is 0.185. The number of nitrogens with one attached hydrogen (secondary N) is 2. The van der Waals surface area contributed by atoms with Gasteiger partial charge in [-0.15, -0.1) is 0 Å². The number of thioether (sulfide) groups is 1. The standard InChI is InChI=1S/C32H24F3N3O7S2/c1-2-44-30(42)17-6-10-20(11-7-17)38-28(40)24-23(25-27(37-31(43)47-25)46-26(24)29(38)41)16-8-12-21(13-9-16)45-15-22(39)36-19-5-3-4-18(14-19)32(33,34)35/h3-14,23-24,26H,2,15H2,1H3,(H,36,39)(H,37,43). The smallest absolute Gasteiger partial charge is 0.416 e. The lowest BCUT2D eigenvalue weighted by atomic mass is 9.83. The number of nitrogens with zero attached hydrogens (tertiary/aromatic N) is 1. The molecule has 0 radical (unpaired) electrons. The zero-order valence-corrected chi connectivity index (χ0v) is 26.0. The van der Waals surface area contributed by atoms with Crippen LogP contribution in [-0.2, 0) is 25.3 Å². The Balaban J connectivity index is 1.20. The van der Waals surface area contributed by atoms with E-state index in [1.165, 1.54) is 36.4 Å². The molecule has 2 aliphatic rings. The third kappa shape index (κ3) is 6.40. The van der Waals surface area contributed by atoms with Crippen LogP contribution >= 0.6 is 23.1 Å². The fraction of sp³-hybridized carbons (Fsp3) is 0.219. The van der Waals surface area contributed by atoms with Crippen molar-refractivity contribution in [2.75, 3.05) is 23.4 Å². The number of hydrogen-bond donors (Lipinski definition) is 2. The van der Waals surface area contributed by atoms with Crippen molar-refractivity contribution in [1.82, 2.24) is 4.98 Å². The van der Waals surface area contributed by atoms with Crippen molar-refractivity contribution in [3.05, 3.63) is 104 Å². The van der Waals surface area contributed by atoms with E-state index in [0.29, 0.717) is 21.2 Å². The highest BCUT2D eigenvalue weighted by atomic mass is 32.2. The minimum atomic E-state index is -4.56. The Morgan fingerprint density at radius 3 is 2.38 bits per heavy atom. The van der Waals surface area contributed by atoms with E-state index in [4.69, 9.17) is 9.47 Å². The Morgan fingerprint density at radius 2 is 1.70 bits per heavy atom. The van der Waals surface area contributed by atoms with E-state index in [1.54, 1.807) is 31.2 Å². The summed E-state index contributed by atoms with van der Waals surface area (Å²) in [7, 11) is 0. The summed E-state index contributed by atoms with van der Waals surface area (Å²) in [6, 6.07) is 16.7. The second kappa shape index (κ2) is 12.7. The number of ether oxygens (including phenoxy) is 2. The molecule has 3 heterocycles. The molecule has 2 aliphatic heterocycles. The van der Waals surface area contributed by atoms with Gasteiger partial charge in [0.2, 0.25) is 11.8 Å². The highest BCUT2D eigenvalue weighted by Crippen LogP contribution is 2.53. The second-order valence-corrected chi connectivity index (χ2v) is 12.7. The molecule has 3 aromatic carbocycles. The number of aromatic nitrogens is 1. The van der Waals surface area contributed by atoms with E-state index in [0.717, 1.165) is 40.1 Å². The first kappa shape index (κ1) is 32.1. The summed E-state index contributed by atoms with van der Waals surface area (Å²) in [5.74, 6) is -3.34. The molecule has 3 amide bonds. The number of aromatic amines is 1. The van der Waals surface area contributed by atoms with Gasteiger partial charge in [-0.25, -0.2) is 9.69 Å². The van der Waals surface area contributed by atoms with Crippen LogP contribution in [0, 0.1) is 5.92 Å². The van der Waals surface area contributed by atoms with E-state index >= 15 is 0 Å². The number of amides is 3. The first-order chi connectivity index (χ1) is 22.4. The van der Waals surface area contributed by atoms with Gasteiger partial charge in [0.15, 0.2) is 6.61 Å². The number of H-pyrrole nitrogens is 1. The van der Waals surface area contributed by atoms with Crippen LogP contribution in [0.25, 0.3) is 0 Å². The van der Waals surface area contributed by atoms with E-state index in [-0.39, 0.29) is 28.5 Å². The number of alkyl halides is 3. The highest BCUT2D eigenvalue weighted by molar-refractivity contribution is 8.00. The van der Waals surface area contributed by atoms with Gasteiger partial charge in [0, 0.05) is 16.5 Å². The van der Waals surface area contributed by atoms with E-state index in [2.05, 4.69) is 10.3 Å². The van der Waals surface area contributed by atoms with Crippen molar-refractivity contribution in [3.8, 4) is 5.75 Å². The summed E-state index contributed by atoms with van der Waals surface area (Å²) in [5, 5.41) is 2.04. The Labute approximate surface area is 272 Å². The lowest BCUT2D eigenvalue weighted by molar-refractivity contribution is -0.137. The van der Waals surface area contributed by atoms with Gasteiger partial charge < -0.3 is 19.8 Å². The maximum absolute atomic E-state index is 13.9. The van der Waals surface area contributed by atoms with Crippen LogP contribution in [0.3, 0.4) is 0 Å². The third-order valence-corrected chi connectivity index (χ3v) is 9.94. The minimum absolute atomic E-state index is 0.0328. The highest BCUT2D eigenvalue weighted by Gasteiger charge is 2.56. The van der Waals surface area contributed by atoms with Crippen molar-refractivity contribution in [2.45, 2.75) is 29.3 Å². The number of rotatable bonds is 8. The molecule has 0 saturated carbocycles. The van der Waals surface area contributed by atoms with Gasteiger partial charge in [-0.3, -0.25) is 19.2 Å². The van der Waals surface area contributed by atoms with Crippen LogP contribution < -0.4 is 19.8 Å². The molecule has 1 fully saturated rings. The average molecular weight is 684 g/mol. The maximum Gasteiger partial charge on any atom is 0.416 e. The summed E-state index contributed by atoms with van der Waals surface area (Å²) in [6.07, 6.45) is -4.56. The largest absolute Gasteiger partial charge is 0.484 e. The van der Waals surface area contributed by atoms with E-state index < -0.39 is 59.1 Å². The molecule has 242 valence electrons. The summed E-state index contributed by atoms with van der Waals surface area (Å²) < 4.78 is 49.5. The number of imide groups is 1. The molecule has 0 bridgehead atoms. The molecule has 0 spiro atoms. The normalized spacial score (nSPS) is 18.8. The predicted octanol–water partition coefficient (Wildman–Crippen LogP) is 5.45. The topological polar surface area (TPSA) is 135 Å². The van der Waals surface area contributed by atoms with Crippen LogP contribution in [0.2, 0.25) is 0 Å². The number of carbonyl (C=O) groups excluding carboxylic acids is 4. The Kier molecular flexibility index (Phi) is 8.68. The van der Waals surface area contributed by atoms with Gasteiger partial charge in [0.25, 0.3) is 5.91 Å². The van der Waals surface area contributed by atoms with Crippen molar-refractivity contribution < 1.29 is 41.8 Å². The molecule has 47 heavy (non-hydrogen) atoms. The first-order valence-corrected chi connectivity index (χ1v) is 15.9. The van der Waals surface area contributed by atoms with Crippen molar-refractivity contribution in [1.29, 1.82) is 0 Å². The number of esters is 1. The van der Waals surface area contributed by atoms with Gasteiger partial charge in [0.05, 0.1) is 34.4 Å². The van der Waals surface area contributed by atoms with Crippen molar-refractivity contribution in [3.63, 3.8) is 0 Å². The molecule has 3 unspecified atom stereocenters. The summed E-state index contributed by atoms with van der Waals surface area (Å²) >= 11 is 2.08. The summed E-state index contributed by atoms with van der Waals surface area (Å²) in [5.41, 5.74) is 0.261. The molecule has 10 nitrogen and oxygen atoms in total. The van der Waals surface area contributed by atoms with E-state index in [1.807, 2.05) is 0 Å². The number of benzene rings is 3. The molecular formula is C32H24F3N3O7S2. The van der Waals surface area contributed by atoms with Crippen molar-refractivity contribution in [2.24, 2.45) is 5.92 Å². The van der Waals surface area contributed by atoms with Gasteiger partial charge in [-0.05, 0) is 67.1 Å². The van der Waals surface area contributed by atoms with Gasteiger partial charge in [-0.2, -0.15) is 13.2 Å². The number of anilines is 2. The van der Waals surface area contributed by atoms with Gasteiger partial charge >= 0.3 is 17.0 Å². The lowest BCUT2D eigenvalue weighted by Gasteiger charge is -2.29.